The van der Waals surface area contributed by atoms with Gasteiger partial charge in [-0.2, -0.15) is 0 Å². The van der Waals surface area contributed by atoms with Gasteiger partial charge in [0, 0.05) is 19.3 Å². The summed E-state index contributed by atoms with van der Waals surface area (Å²) in [6, 6.07) is 8.20. The smallest absolute Gasteiger partial charge is 0.239 e. The van der Waals surface area contributed by atoms with Gasteiger partial charge >= 0.3 is 0 Å². The highest BCUT2D eigenvalue weighted by Crippen LogP contribution is 2.10. The first-order valence-corrected chi connectivity index (χ1v) is 6.34. The largest absolute Gasteiger partial charge is 0.383 e. The summed E-state index contributed by atoms with van der Waals surface area (Å²) in [6.07, 6.45) is 2.24. The van der Waals surface area contributed by atoms with Gasteiger partial charge < -0.3 is 15.4 Å². The lowest BCUT2D eigenvalue weighted by molar-refractivity contribution is -0.119. The maximum atomic E-state index is 11.4. The van der Waals surface area contributed by atoms with Crippen molar-refractivity contribution in [3.8, 4) is 0 Å². The molecular formula is C14H22N2O2. The van der Waals surface area contributed by atoms with Crippen molar-refractivity contribution in [1.29, 1.82) is 0 Å². The summed E-state index contributed by atoms with van der Waals surface area (Å²) in [6.45, 7) is 3.54. The first kappa shape index (κ1) is 14.5. The minimum atomic E-state index is -0.0234. The Labute approximate surface area is 109 Å². The van der Waals surface area contributed by atoms with Crippen LogP contribution in [0.25, 0.3) is 0 Å². The Morgan fingerprint density at radius 3 is 2.61 bits per heavy atom. The Balaban J connectivity index is 2.27. The average molecular weight is 250 g/mol. The number of amides is 1. The van der Waals surface area contributed by atoms with Gasteiger partial charge in [0.2, 0.25) is 5.91 Å². The summed E-state index contributed by atoms with van der Waals surface area (Å²) in [5, 5.41) is 5.85. The first-order valence-electron chi connectivity index (χ1n) is 6.34. The van der Waals surface area contributed by atoms with Crippen molar-refractivity contribution < 1.29 is 9.53 Å². The number of hydrogen-bond donors (Lipinski definition) is 2. The number of nitrogens with one attached hydrogen (secondary N) is 2. The normalized spacial score (nSPS) is 10.1. The second-order valence-corrected chi connectivity index (χ2v) is 4.14. The number of ether oxygens (including phenoxy) is 1. The fourth-order valence-electron chi connectivity index (χ4n) is 1.62. The molecule has 1 amide bonds. The molecule has 0 aliphatic carbocycles. The van der Waals surface area contributed by atoms with Crippen LogP contribution in [-0.4, -0.2) is 32.7 Å². The van der Waals surface area contributed by atoms with Gasteiger partial charge in [0.15, 0.2) is 0 Å². The second-order valence-electron chi connectivity index (χ2n) is 4.14. The van der Waals surface area contributed by atoms with Gasteiger partial charge in [-0.05, 0) is 24.1 Å². The van der Waals surface area contributed by atoms with E-state index in [1.807, 2.05) is 12.1 Å². The van der Waals surface area contributed by atoms with Crippen LogP contribution in [0.3, 0.4) is 0 Å². The van der Waals surface area contributed by atoms with E-state index in [1.54, 1.807) is 7.11 Å². The molecule has 2 N–H and O–H groups in total. The van der Waals surface area contributed by atoms with Crippen LogP contribution in [0.4, 0.5) is 5.69 Å². The van der Waals surface area contributed by atoms with Crippen molar-refractivity contribution in [2.75, 3.05) is 32.1 Å². The lowest BCUT2D eigenvalue weighted by atomic mass is 10.1. The summed E-state index contributed by atoms with van der Waals surface area (Å²) in [5.41, 5.74) is 2.30. The Bertz CT molecular complexity index is 349. The van der Waals surface area contributed by atoms with Crippen LogP contribution in [0.1, 0.15) is 18.9 Å². The molecule has 0 saturated heterocycles. The lowest BCUT2D eigenvalue weighted by Crippen LogP contribution is -2.32. The molecule has 0 fully saturated rings. The van der Waals surface area contributed by atoms with Gasteiger partial charge in [0.25, 0.3) is 0 Å². The fraction of sp³-hybridized carbons (Fsp3) is 0.500. The van der Waals surface area contributed by atoms with Crippen molar-refractivity contribution in [2.45, 2.75) is 19.8 Å². The number of aryl methyl sites for hydroxylation is 1. The summed E-state index contributed by atoms with van der Waals surface area (Å²) < 4.78 is 4.86. The fourth-order valence-corrected chi connectivity index (χ4v) is 1.62. The highest BCUT2D eigenvalue weighted by atomic mass is 16.5. The molecule has 1 aromatic carbocycles. The number of benzene rings is 1. The van der Waals surface area contributed by atoms with Crippen LogP contribution in [0.15, 0.2) is 24.3 Å². The van der Waals surface area contributed by atoms with E-state index in [0.717, 1.165) is 18.5 Å². The lowest BCUT2D eigenvalue weighted by Gasteiger charge is -2.08. The number of hydrogen-bond acceptors (Lipinski definition) is 3. The van der Waals surface area contributed by atoms with Gasteiger partial charge in [0.1, 0.15) is 0 Å². The van der Waals surface area contributed by atoms with Gasteiger partial charge in [0.05, 0.1) is 13.2 Å². The van der Waals surface area contributed by atoms with Crippen LogP contribution in [-0.2, 0) is 16.0 Å². The molecule has 0 bridgehead atoms. The molecule has 0 heterocycles. The molecule has 100 valence electrons. The average Bonchev–Trinajstić information content (AvgIpc) is 2.39. The number of methoxy groups -OCH3 is 1. The minimum absolute atomic E-state index is 0.0234. The van der Waals surface area contributed by atoms with Gasteiger partial charge in [-0.1, -0.05) is 25.5 Å². The van der Waals surface area contributed by atoms with E-state index in [2.05, 4.69) is 29.7 Å². The topological polar surface area (TPSA) is 50.4 Å². The van der Waals surface area contributed by atoms with Crippen molar-refractivity contribution >= 4 is 11.6 Å². The number of anilines is 1. The van der Waals surface area contributed by atoms with E-state index in [9.17, 15) is 4.79 Å². The van der Waals surface area contributed by atoms with Gasteiger partial charge in [-0.3, -0.25) is 4.79 Å². The molecule has 0 saturated carbocycles. The van der Waals surface area contributed by atoms with E-state index in [0.29, 0.717) is 13.2 Å². The molecule has 0 aromatic heterocycles. The van der Waals surface area contributed by atoms with Crippen LogP contribution in [0.5, 0.6) is 0 Å². The van der Waals surface area contributed by atoms with Crippen molar-refractivity contribution in [3.05, 3.63) is 29.8 Å². The zero-order chi connectivity index (χ0) is 13.2. The van der Waals surface area contributed by atoms with Crippen LogP contribution < -0.4 is 10.6 Å². The van der Waals surface area contributed by atoms with Crippen molar-refractivity contribution in [3.63, 3.8) is 0 Å². The molecule has 1 aromatic rings. The van der Waals surface area contributed by atoms with E-state index in [4.69, 9.17) is 4.74 Å². The highest BCUT2D eigenvalue weighted by molar-refractivity contribution is 5.80. The molecule has 0 aliphatic heterocycles. The Hall–Kier alpha value is -1.55. The number of carbonyl (C=O) groups is 1. The van der Waals surface area contributed by atoms with E-state index >= 15 is 0 Å². The van der Waals surface area contributed by atoms with E-state index in [1.165, 1.54) is 5.56 Å². The summed E-state index contributed by atoms with van der Waals surface area (Å²) in [7, 11) is 1.61. The van der Waals surface area contributed by atoms with Crippen LogP contribution >= 0.6 is 0 Å². The molecule has 1 rings (SSSR count). The first-order chi connectivity index (χ1) is 8.76. The molecule has 18 heavy (non-hydrogen) atoms. The predicted molar refractivity (Wildman–Crippen MR) is 73.8 cm³/mol. The van der Waals surface area contributed by atoms with Gasteiger partial charge in [-0.25, -0.2) is 0 Å². The number of rotatable bonds is 8. The third-order valence-electron chi connectivity index (χ3n) is 2.57. The zero-order valence-corrected chi connectivity index (χ0v) is 11.2. The van der Waals surface area contributed by atoms with Crippen LogP contribution in [0, 0.1) is 0 Å². The third-order valence-corrected chi connectivity index (χ3v) is 2.57. The minimum Gasteiger partial charge on any atom is -0.383 e. The van der Waals surface area contributed by atoms with E-state index < -0.39 is 0 Å². The Morgan fingerprint density at radius 1 is 1.28 bits per heavy atom. The molecule has 0 unspecified atom stereocenters. The maximum Gasteiger partial charge on any atom is 0.239 e. The molecule has 4 heteroatoms. The molecule has 0 spiro atoms. The maximum absolute atomic E-state index is 11.4. The van der Waals surface area contributed by atoms with Gasteiger partial charge in [-0.15, -0.1) is 0 Å². The molecule has 0 aliphatic rings. The number of carbonyl (C=O) groups excluding carboxylic acids is 1. The summed E-state index contributed by atoms with van der Waals surface area (Å²) in [4.78, 5) is 11.4. The Morgan fingerprint density at radius 2 is 2.00 bits per heavy atom. The summed E-state index contributed by atoms with van der Waals surface area (Å²) in [5.74, 6) is -0.0234. The predicted octanol–water partition coefficient (Wildman–Crippen LogP) is 1.81. The monoisotopic (exact) mass is 250 g/mol. The standard InChI is InChI=1S/C14H22N2O2/c1-3-4-12-5-7-13(8-6-12)16-11-14(17)15-9-10-18-2/h5-8,16H,3-4,9-11H2,1-2H3,(H,15,17). The zero-order valence-electron chi connectivity index (χ0n) is 11.2. The van der Waals surface area contributed by atoms with Crippen molar-refractivity contribution in [2.24, 2.45) is 0 Å². The molecular weight excluding hydrogens is 228 g/mol. The van der Waals surface area contributed by atoms with Crippen molar-refractivity contribution in [1.82, 2.24) is 5.32 Å². The molecule has 4 nitrogen and oxygen atoms in total. The third kappa shape index (κ3) is 5.68. The van der Waals surface area contributed by atoms with E-state index in [-0.39, 0.29) is 12.5 Å². The molecule has 0 radical (unpaired) electrons. The van der Waals surface area contributed by atoms with Crippen LogP contribution in [0.2, 0.25) is 0 Å². The Kier molecular flexibility index (Phi) is 6.87. The SMILES string of the molecule is CCCc1ccc(NCC(=O)NCCOC)cc1. The second kappa shape index (κ2) is 8.53. The highest BCUT2D eigenvalue weighted by Gasteiger charge is 2.00. The quantitative estimate of drug-likeness (QED) is 0.692. The summed E-state index contributed by atoms with van der Waals surface area (Å²) >= 11 is 0. The molecule has 0 atom stereocenters.